The molecule has 0 amide bonds. The molecule has 0 aliphatic heterocycles. The number of rotatable bonds is 3. The van der Waals surface area contributed by atoms with Crippen molar-refractivity contribution in [2.45, 2.75) is 51.5 Å². The smallest absolute Gasteiger partial charge is 0.0704 e. The highest BCUT2D eigenvalue weighted by atomic mass is 79.9. The highest BCUT2D eigenvalue weighted by molar-refractivity contribution is 9.11. The van der Waals surface area contributed by atoms with E-state index in [0.717, 1.165) is 11.8 Å². The van der Waals surface area contributed by atoms with Gasteiger partial charge in [-0.15, -0.1) is 11.3 Å². The predicted molar refractivity (Wildman–Crippen MR) is 82.2 cm³/mol. The fourth-order valence-corrected chi connectivity index (χ4v) is 5.37. The van der Waals surface area contributed by atoms with E-state index in [1.807, 2.05) is 11.3 Å². The molecule has 1 nitrogen and oxygen atoms in total. The lowest BCUT2D eigenvalue weighted by Crippen LogP contribution is -2.30. The van der Waals surface area contributed by atoms with Gasteiger partial charge in [-0.3, -0.25) is 0 Å². The van der Waals surface area contributed by atoms with Gasteiger partial charge < -0.3 is 5.32 Å². The normalized spacial score (nSPS) is 31.6. The first-order valence-corrected chi connectivity index (χ1v) is 8.86. The Morgan fingerprint density at radius 2 is 2.22 bits per heavy atom. The molecule has 1 aromatic heterocycles. The van der Waals surface area contributed by atoms with Crippen LogP contribution in [0.4, 0.5) is 0 Å². The lowest BCUT2D eigenvalue weighted by atomic mass is 9.92. The molecule has 1 fully saturated rings. The molecule has 0 saturated heterocycles. The zero-order valence-electron chi connectivity index (χ0n) is 11.0. The van der Waals surface area contributed by atoms with Gasteiger partial charge in [0.2, 0.25) is 0 Å². The molecule has 0 bridgehead atoms. The molecule has 1 N–H and O–H groups in total. The first-order chi connectivity index (χ1) is 8.74. The minimum atomic E-state index is 0.615. The molecule has 3 atom stereocenters. The summed E-state index contributed by atoms with van der Waals surface area (Å²) in [7, 11) is 0. The Hall–Kier alpha value is 0.140. The Balaban J connectivity index is 1.63. The molecule has 3 heteroatoms. The van der Waals surface area contributed by atoms with Gasteiger partial charge in [0.05, 0.1) is 3.79 Å². The largest absolute Gasteiger partial charge is 0.310 e. The van der Waals surface area contributed by atoms with E-state index in [4.69, 9.17) is 0 Å². The minimum Gasteiger partial charge on any atom is -0.310 e. The Labute approximate surface area is 122 Å². The number of fused-ring (bicyclic) bond motifs is 1. The Bertz CT molecular complexity index is 415. The molecule has 1 heterocycles. The summed E-state index contributed by atoms with van der Waals surface area (Å²) in [5.74, 6) is 1.84. The van der Waals surface area contributed by atoms with Crippen molar-refractivity contribution in [3.8, 4) is 0 Å². The van der Waals surface area contributed by atoms with Crippen LogP contribution in [0.15, 0.2) is 9.85 Å². The van der Waals surface area contributed by atoms with Crippen molar-refractivity contribution >= 4 is 27.3 Å². The van der Waals surface area contributed by atoms with Crippen LogP contribution in [0.2, 0.25) is 0 Å². The zero-order valence-corrected chi connectivity index (χ0v) is 13.4. The van der Waals surface area contributed by atoms with E-state index in [1.54, 1.807) is 10.4 Å². The third kappa shape index (κ3) is 2.68. The Kier molecular flexibility index (Phi) is 4.12. The molecule has 18 heavy (non-hydrogen) atoms. The number of hydrogen-bond donors (Lipinski definition) is 1. The minimum absolute atomic E-state index is 0.615. The van der Waals surface area contributed by atoms with Gasteiger partial charge in [0.15, 0.2) is 0 Å². The summed E-state index contributed by atoms with van der Waals surface area (Å²) < 4.78 is 1.30. The van der Waals surface area contributed by atoms with Crippen LogP contribution in [0.1, 0.15) is 55.5 Å². The lowest BCUT2D eigenvalue weighted by Gasteiger charge is -2.26. The van der Waals surface area contributed by atoms with Crippen LogP contribution in [0.25, 0.3) is 0 Å². The quantitative estimate of drug-likeness (QED) is 0.831. The van der Waals surface area contributed by atoms with Crippen LogP contribution in [0.3, 0.4) is 0 Å². The van der Waals surface area contributed by atoms with Crippen molar-refractivity contribution in [1.82, 2.24) is 5.32 Å². The molecule has 1 aromatic rings. The molecule has 0 aromatic carbocycles. The predicted octanol–water partition coefficient (Wildman–Crippen LogP) is 4.91. The van der Waals surface area contributed by atoms with Crippen molar-refractivity contribution < 1.29 is 0 Å². The van der Waals surface area contributed by atoms with Gasteiger partial charge in [-0.05, 0) is 71.6 Å². The topological polar surface area (TPSA) is 12.0 Å². The van der Waals surface area contributed by atoms with Crippen molar-refractivity contribution in [2.24, 2.45) is 11.8 Å². The molecule has 3 rings (SSSR count). The first kappa shape index (κ1) is 13.1. The third-order valence-electron chi connectivity index (χ3n) is 4.75. The highest BCUT2D eigenvalue weighted by Gasteiger charge is 2.26. The second-order valence-corrected chi connectivity index (χ2v) is 8.47. The van der Waals surface area contributed by atoms with E-state index in [9.17, 15) is 0 Å². The van der Waals surface area contributed by atoms with Gasteiger partial charge in [0.1, 0.15) is 0 Å². The Morgan fingerprint density at radius 3 is 3.00 bits per heavy atom. The second kappa shape index (κ2) is 5.64. The summed E-state index contributed by atoms with van der Waals surface area (Å²) >= 11 is 5.57. The fourth-order valence-electron chi connectivity index (χ4n) is 3.55. The van der Waals surface area contributed by atoms with Crippen LogP contribution in [-0.4, -0.2) is 6.54 Å². The molecule has 2 aliphatic carbocycles. The molecule has 0 spiro atoms. The van der Waals surface area contributed by atoms with Crippen LogP contribution in [0, 0.1) is 11.8 Å². The van der Waals surface area contributed by atoms with Crippen molar-refractivity contribution in [3.05, 3.63) is 20.3 Å². The molecule has 2 aliphatic rings. The van der Waals surface area contributed by atoms with E-state index < -0.39 is 0 Å². The maximum absolute atomic E-state index is 3.85. The average Bonchev–Trinajstić information content (AvgIpc) is 2.91. The summed E-state index contributed by atoms with van der Waals surface area (Å²) in [6, 6.07) is 2.96. The summed E-state index contributed by atoms with van der Waals surface area (Å²) in [5, 5.41) is 3.85. The van der Waals surface area contributed by atoms with E-state index >= 15 is 0 Å². The average molecular weight is 328 g/mol. The van der Waals surface area contributed by atoms with Crippen LogP contribution < -0.4 is 5.32 Å². The fraction of sp³-hybridized carbons (Fsp3) is 0.733. The molecule has 100 valence electrons. The van der Waals surface area contributed by atoms with Crippen molar-refractivity contribution in [3.63, 3.8) is 0 Å². The summed E-state index contributed by atoms with van der Waals surface area (Å²) in [6.07, 6.45) is 8.25. The van der Waals surface area contributed by atoms with E-state index in [2.05, 4.69) is 34.2 Å². The SMILES string of the molecule is CC1CCCC1CNC1CCCc2sc(Br)cc21. The molecule has 1 saturated carbocycles. The standard InChI is InChI=1S/C15H22BrNS/c1-10-4-2-5-11(10)9-17-13-6-3-7-14-12(13)8-15(16)18-14/h8,10-11,13,17H,2-7,9H2,1H3. The van der Waals surface area contributed by atoms with Crippen LogP contribution >= 0.6 is 27.3 Å². The first-order valence-electron chi connectivity index (χ1n) is 7.25. The molecular weight excluding hydrogens is 306 g/mol. The van der Waals surface area contributed by atoms with E-state index in [-0.39, 0.29) is 0 Å². The molecule has 3 unspecified atom stereocenters. The van der Waals surface area contributed by atoms with Gasteiger partial charge in [-0.1, -0.05) is 19.8 Å². The van der Waals surface area contributed by atoms with Gasteiger partial charge in [-0.25, -0.2) is 0 Å². The number of thiophene rings is 1. The van der Waals surface area contributed by atoms with Crippen LogP contribution in [0.5, 0.6) is 0 Å². The van der Waals surface area contributed by atoms with Crippen molar-refractivity contribution in [1.29, 1.82) is 0 Å². The zero-order chi connectivity index (χ0) is 12.5. The molecular formula is C15H22BrNS. The maximum Gasteiger partial charge on any atom is 0.0704 e. The number of aryl methyl sites for hydroxylation is 1. The van der Waals surface area contributed by atoms with Gasteiger partial charge in [-0.2, -0.15) is 0 Å². The van der Waals surface area contributed by atoms with Crippen LogP contribution in [-0.2, 0) is 6.42 Å². The third-order valence-corrected chi connectivity index (χ3v) is 6.46. The summed E-state index contributed by atoms with van der Waals surface area (Å²) in [4.78, 5) is 1.60. The lowest BCUT2D eigenvalue weighted by molar-refractivity contribution is 0.354. The van der Waals surface area contributed by atoms with E-state index in [1.165, 1.54) is 48.9 Å². The monoisotopic (exact) mass is 327 g/mol. The Morgan fingerprint density at radius 1 is 1.33 bits per heavy atom. The van der Waals surface area contributed by atoms with Gasteiger partial charge in [0, 0.05) is 10.9 Å². The maximum atomic E-state index is 3.85. The van der Waals surface area contributed by atoms with Gasteiger partial charge >= 0.3 is 0 Å². The van der Waals surface area contributed by atoms with E-state index in [0.29, 0.717) is 6.04 Å². The van der Waals surface area contributed by atoms with Crippen molar-refractivity contribution in [2.75, 3.05) is 6.54 Å². The summed E-state index contributed by atoms with van der Waals surface area (Å²) in [5.41, 5.74) is 1.57. The second-order valence-electron chi connectivity index (χ2n) is 5.95. The number of nitrogens with one attached hydrogen (secondary N) is 1. The van der Waals surface area contributed by atoms with Gasteiger partial charge in [0.25, 0.3) is 0 Å². The number of halogens is 1. The molecule has 0 radical (unpaired) electrons. The number of hydrogen-bond acceptors (Lipinski definition) is 2. The summed E-state index contributed by atoms with van der Waals surface area (Å²) in [6.45, 7) is 3.64. The highest BCUT2D eigenvalue weighted by Crippen LogP contribution is 2.38.